The Balaban J connectivity index is 2.59. The Kier molecular flexibility index (Phi) is 1.63. The SMILES string of the molecule is [B]c1cccc2oc3cc(F)ccc3c12. The van der Waals surface area contributed by atoms with Gasteiger partial charge in [0.05, 0.1) is 0 Å². The second-order valence-corrected chi connectivity index (χ2v) is 3.46. The molecule has 2 aromatic carbocycles. The van der Waals surface area contributed by atoms with E-state index in [9.17, 15) is 4.39 Å². The fourth-order valence-corrected chi connectivity index (χ4v) is 1.83. The van der Waals surface area contributed by atoms with Crippen molar-refractivity contribution in [3.8, 4) is 0 Å². The van der Waals surface area contributed by atoms with Crippen molar-refractivity contribution in [1.29, 1.82) is 0 Å². The van der Waals surface area contributed by atoms with Gasteiger partial charge in [0, 0.05) is 16.8 Å². The molecule has 0 saturated heterocycles. The van der Waals surface area contributed by atoms with Crippen LogP contribution in [0.4, 0.5) is 4.39 Å². The van der Waals surface area contributed by atoms with Crippen molar-refractivity contribution < 1.29 is 8.81 Å². The summed E-state index contributed by atoms with van der Waals surface area (Å²) in [5, 5.41) is 1.71. The first kappa shape index (κ1) is 8.54. The average Bonchev–Trinajstić information content (AvgIpc) is 2.56. The molecule has 0 amide bonds. The van der Waals surface area contributed by atoms with E-state index in [4.69, 9.17) is 12.3 Å². The van der Waals surface area contributed by atoms with Crippen LogP contribution in [-0.2, 0) is 0 Å². The lowest BCUT2D eigenvalue weighted by molar-refractivity contribution is 0.618. The third-order valence-corrected chi connectivity index (χ3v) is 2.49. The van der Waals surface area contributed by atoms with Gasteiger partial charge in [0.25, 0.3) is 0 Å². The second kappa shape index (κ2) is 2.86. The van der Waals surface area contributed by atoms with Crippen LogP contribution in [0.1, 0.15) is 0 Å². The monoisotopic (exact) mass is 196 g/mol. The highest BCUT2D eigenvalue weighted by molar-refractivity contribution is 6.41. The molecule has 0 fully saturated rings. The summed E-state index contributed by atoms with van der Waals surface area (Å²) >= 11 is 0. The fourth-order valence-electron chi connectivity index (χ4n) is 1.83. The van der Waals surface area contributed by atoms with Crippen LogP contribution in [0.15, 0.2) is 40.8 Å². The molecule has 0 aliphatic carbocycles. The van der Waals surface area contributed by atoms with Gasteiger partial charge < -0.3 is 4.42 Å². The summed E-state index contributed by atoms with van der Waals surface area (Å²) in [4.78, 5) is 0. The Morgan fingerprint density at radius 2 is 1.93 bits per heavy atom. The molecule has 0 unspecified atom stereocenters. The van der Waals surface area contributed by atoms with Crippen LogP contribution in [0, 0.1) is 5.82 Å². The maximum Gasteiger partial charge on any atom is 0.138 e. The number of furan rings is 1. The number of rotatable bonds is 0. The van der Waals surface area contributed by atoms with Gasteiger partial charge in [-0.25, -0.2) is 4.39 Å². The van der Waals surface area contributed by atoms with E-state index in [0.717, 1.165) is 10.8 Å². The molecule has 3 rings (SSSR count). The van der Waals surface area contributed by atoms with E-state index >= 15 is 0 Å². The van der Waals surface area contributed by atoms with Crippen LogP contribution in [0.3, 0.4) is 0 Å². The van der Waals surface area contributed by atoms with Crippen LogP contribution < -0.4 is 5.46 Å². The zero-order chi connectivity index (χ0) is 10.4. The number of fused-ring (bicyclic) bond motifs is 3. The molecule has 1 nitrogen and oxygen atoms in total. The maximum atomic E-state index is 13.0. The Morgan fingerprint density at radius 1 is 1.07 bits per heavy atom. The van der Waals surface area contributed by atoms with Gasteiger partial charge in [-0.05, 0) is 18.2 Å². The molecule has 0 N–H and O–H groups in total. The van der Waals surface area contributed by atoms with Gasteiger partial charge in [-0.2, -0.15) is 0 Å². The van der Waals surface area contributed by atoms with Crippen LogP contribution in [0.25, 0.3) is 21.9 Å². The lowest BCUT2D eigenvalue weighted by Crippen LogP contribution is -2.00. The first-order valence-electron chi connectivity index (χ1n) is 4.62. The van der Waals surface area contributed by atoms with E-state index in [1.165, 1.54) is 12.1 Å². The number of halogens is 1. The van der Waals surface area contributed by atoms with Crippen molar-refractivity contribution in [2.24, 2.45) is 0 Å². The highest BCUT2D eigenvalue weighted by atomic mass is 19.1. The summed E-state index contributed by atoms with van der Waals surface area (Å²) in [5.41, 5.74) is 1.87. The van der Waals surface area contributed by atoms with E-state index < -0.39 is 0 Å². The van der Waals surface area contributed by atoms with Crippen molar-refractivity contribution in [3.63, 3.8) is 0 Å². The summed E-state index contributed by atoms with van der Waals surface area (Å²) in [5.74, 6) is -0.305. The Hall–Kier alpha value is -1.77. The minimum Gasteiger partial charge on any atom is -0.456 e. The van der Waals surface area contributed by atoms with Gasteiger partial charge in [0.2, 0.25) is 0 Å². The summed E-state index contributed by atoms with van der Waals surface area (Å²) in [7, 11) is 5.85. The fraction of sp³-hybridized carbons (Fsp3) is 0. The molecule has 0 aliphatic rings. The van der Waals surface area contributed by atoms with E-state index in [0.29, 0.717) is 16.6 Å². The molecule has 0 atom stereocenters. The highest BCUT2D eigenvalue weighted by Crippen LogP contribution is 2.27. The van der Waals surface area contributed by atoms with Crippen LogP contribution >= 0.6 is 0 Å². The molecule has 0 saturated carbocycles. The number of hydrogen-bond donors (Lipinski definition) is 0. The molecule has 3 heteroatoms. The maximum absolute atomic E-state index is 13.0. The molecule has 1 heterocycles. The number of benzene rings is 2. The van der Waals surface area contributed by atoms with Crippen LogP contribution in [0.5, 0.6) is 0 Å². The topological polar surface area (TPSA) is 13.1 Å². The standard InChI is InChI=1S/C12H6BFO/c13-9-2-1-3-10-12(9)8-5-4-7(14)6-11(8)15-10/h1-6H. The van der Waals surface area contributed by atoms with E-state index in [2.05, 4.69) is 0 Å². The lowest BCUT2D eigenvalue weighted by Gasteiger charge is -1.94. The molecule has 0 spiro atoms. The molecule has 3 aromatic rings. The normalized spacial score (nSPS) is 11.3. The molecule has 15 heavy (non-hydrogen) atoms. The quantitative estimate of drug-likeness (QED) is 0.503. The average molecular weight is 196 g/mol. The summed E-state index contributed by atoms with van der Waals surface area (Å²) in [6.07, 6.45) is 0. The van der Waals surface area contributed by atoms with Crippen LogP contribution in [-0.4, -0.2) is 7.85 Å². The number of hydrogen-bond acceptors (Lipinski definition) is 1. The smallest absolute Gasteiger partial charge is 0.138 e. The van der Waals surface area contributed by atoms with Crippen LogP contribution in [0.2, 0.25) is 0 Å². The van der Waals surface area contributed by atoms with Crippen molar-refractivity contribution in [2.45, 2.75) is 0 Å². The van der Waals surface area contributed by atoms with Gasteiger partial charge in [-0.3, -0.25) is 0 Å². The molecule has 70 valence electrons. The van der Waals surface area contributed by atoms with E-state index in [1.807, 2.05) is 12.1 Å². The van der Waals surface area contributed by atoms with Crippen molar-refractivity contribution in [1.82, 2.24) is 0 Å². The Bertz CT molecular complexity index is 657. The lowest BCUT2D eigenvalue weighted by atomic mass is 9.91. The third kappa shape index (κ3) is 1.16. The van der Waals surface area contributed by atoms with E-state index in [-0.39, 0.29) is 5.82 Å². The van der Waals surface area contributed by atoms with E-state index in [1.54, 1.807) is 12.1 Å². The third-order valence-electron chi connectivity index (χ3n) is 2.49. The highest BCUT2D eigenvalue weighted by Gasteiger charge is 2.08. The largest absolute Gasteiger partial charge is 0.456 e. The van der Waals surface area contributed by atoms with Gasteiger partial charge >= 0.3 is 0 Å². The zero-order valence-corrected chi connectivity index (χ0v) is 7.83. The Morgan fingerprint density at radius 3 is 2.80 bits per heavy atom. The summed E-state index contributed by atoms with van der Waals surface area (Å²) in [6.45, 7) is 0. The minimum absolute atomic E-state index is 0.305. The molecule has 2 radical (unpaired) electrons. The summed E-state index contributed by atoms with van der Waals surface area (Å²) in [6, 6.07) is 9.91. The predicted octanol–water partition coefficient (Wildman–Crippen LogP) is 2.52. The Labute approximate surface area is 86.9 Å². The first-order chi connectivity index (χ1) is 7.25. The molecule has 0 aliphatic heterocycles. The van der Waals surface area contributed by atoms with Gasteiger partial charge in [-0.1, -0.05) is 17.6 Å². The second-order valence-electron chi connectivity index (χ2n) is 3.46. The molecular weight excluding hydrogens is 190 g/mol. The summed E-state index contributed by atoms with van der Waals surface area (Å²) < 4.78 is 18.5. The molecule has 0 bridgehead atoms. The zero-order valence-electron chi connectivity index (χ0n) is 7.83. The van der Waals surface area contributed by atoms with Gasteiger partial charge in [0.15, 0.2) is 0 Å². The van der Waals surface area contributed by atoms with Gasteiger partial charge in [-0.15, -0.1) is 0 Å². The van der Waals surface area contributed by atoms with Gasteiger partial charge in [0.1, 0.15) is 24.8 Å². The minimum atomic E-state index is -0.305. The molecular formula is C12H6BFO. The first-order valence-corrected chi connectivity index (χ1v) is 4.62. The predicted molar refractivity (Wildman–Crippen MR) is 59.1 cm³/mol. The van der Waals surface area contributed by atoms with Crippen molar-refractivity contribution in [3.05, 3.63) is 42.2 Å². The molecule has 1 aromatic heterocycles. The van der Waals surface area contributed by atoms with Crippen molar-refractivity contribution >= 4 is 35.2 Å². The van der Waals surface area contributed by atoms with Crippen molar-refractivity contribution in [2.75, 3.05) is 0 Å².